The standard InChI is InChI=1S/C18H15BrClN3O3/c1-18(11-5-3-2-4-6-11)16(25)23(17(26)22-18)10-15(24)21-14-8-7-12(19)9-13(14)20/h2-9H,10H2,1H3,(H,21,24)(H,22,26). The van der Waals surface area contributed by atoms with Gasteiger partial charge in [-0.3, -0.25) is 14.5 Å². The number of hydrogen-bond donors (Lipinski definition) is 2. The number of carbonyl (C=O) groups excluding carboxylic acids is 3. The molecule has 0 radical (unpaired) electrons. The van der Waals surface area contributed by atoms with E-state index in [2.05, 4.69) is 26.6 Å². The summed E-state index contributed by atoms with van der Waals surface area (Å²) in [6, 6.07) is 13.3. The Kier molecular flexibility index (Phi) is 5.02. The fourth-order valence-electron chi connectivity index (χ4n) is 2.73. The van der Waals surface area contributed by atoms with Crippen molar-refractivity contribution in [1.29, 1.82) is 0 Å². The van der Waals surface area contributed by atoms with E-state index in [9.17, 15) is 14.4 Å². The van der Waals surface area contributed by atoms with Crippen LogP contribution in [0.1, 0.15) is 12.5 Å². The Balaban J connectivity index is 1.74. The van der Waals surface area contributed by atoms with Crippen molar-refractivity contribution in [3.8, 4) is 0 Å². The number of rotatable bonds is 4. The number of halogens is 2. The van der Waals surface area contributed by atoms with Crippen molar-refractivity contribution < 1.29 is 14.4 Å². The lowest BCUT2D eigenvalue weighted by molar-refractivity contribution is -0.133. The Labute approximate surface area is 163 Å². The average Bonchev–Trinajstić information content (AvgIpc) is 2.82. The fraction of sp³-hybridized carbons (Fsp3) is 0.167. The van der Waals surface area contributed by atoms with Gasteiger partial charge in [-0.1, -0.05) is 57.9 Å². The minimum absolute atomic E-state index is 0.346. The molecule has 6 nitrogen and oxygen atoms in total. The lowest BCUT2D eigenvalue weighted by atomic mass is 9.92. The molecule has 0 aromatic heterocycles. The van der Waals surface area contributed by atoms with E-state index in [1.54, 1.807) is 49.4 Å². The number of anilines is 1. The highest BCUT2D eigenvalue weighted by molar-refractivity contribution is 9.10. The lowest BCUT2D eigenvalue weighted by Crippen LogP contribution is -2.42. The molecule has 1 saturated heterocycles. The number of imide groups is 1. The Bertz CT molecular complexity index is 891. The molecule has 2 aromatic carbocycles. The molecule has 0 aliphatic carbocycles. The van der Waals surface area contributed by atoms with E-state index in [0.29, 0.717) is 16.3 Å². The third-order valence-corrected chi connectivity index (χ3v) is 4.94. The molecule has 1 aliphatic rings. The van der Waals surface area contributed by atoms with E-state index in [1.165, 1.54) is 0 Å². The number of hydrogen-bond acceptors (Lipinski definition) is 3. The molecule has 1 heterocycles. The van der Waals surface area contributed by atoms with Crippen LogP contribution in [0, 0.1) is 0 Å². The molecule has 1 unspecified atom stereocenters. The maximum Gasteiger partial charge on any atom is 0.325 e. The van der Waals surface area contributed by atoms with Gasteiger partial charge < -0.3 is 10.6 Å². The number of benzene rings is 2. The topological polar surface area (TPSA) is 78.5 Å². The van der Waals surface area contributed by atoms with Crippen LogP contribution in [0.5, 0.6) is 0 Å². The molecule has 1 atom stereocenters. The zero-order valence-corrected chi connectivity index (χ0v) is 16.1. The first-order valence-electron chi connectivity index (χ1n) is 7.76. The molecule has 2 N–H and O–H groups in total. The van der Waals surface area contributed by atoms with Gasteiger partial charge in [0, 0.05) is 4.47 Å². The molecule has 8 heteroatoms. The van der Waals surface area contributed by atoms with Gasteiger partial charge in [0.15, 0.2) is 0 Å². The van der Waals surface area contributed by atoms with Crippen molar-refractivity contribution in [1.82, 2.24) is 10.2 Å². The van der Waals surface area contributed by atoms with Crippen LogP contribution >= 0.6 is 27.5 Å². The number of nitrogens with one attached hydrogen (secondary N) is 2. The van der Waals surface area contributed by atoms with Crippen LogP contribution in [0.4, 0.5) is 10.5 Å². The van der Waals surface area contributed by atoms with E-state index in [1.807, 2.05) is 6.07 Å². The van der Waals surface area contributed by atoms with Crippen LogP contribution in [0.3, 0.4) is 0 Å². The number of urea groups is 1. The summed E-state index contributed by atoms with van der Waals surface area (Å²) in [4.78, 5) is 38.2. The van der Waals surface area contributed by atoms with E-state index >= 15 is 0 Å². The maximum atomic E-state index is 12.8. The third-order valence-electron chi connectivity index (χ3n) is 4.13. The van der Waals surface area contributed by atoms with Crippen molar-refractivity contribution in [2.75, 3.05) is 11.9 Å². The van der Waals surface area contributed by atoms with Gasteiger partial charge >= 0.3 is 6.03 Å². The highest BCUT2D eigenvalue weighted by atomic mass is 79.9. The number of nitrogens with zero attached hydrogens (tertiary/aromatic N) is 1. The molecule has 0 spiro atoms. The molecule has 3 rings (SSSR count). The highest BCUT2D eigenvalue weighted by Gasteiger charge is 2.49. The van der Waals surface area contributed by atoms with Gasteiger partial charge in [0.2, 0.25) is 5.91 Å². The average molecular weight is 437 g/mol. The van der Waals surface area contributed by atoms with Gasteiger partial charge in [0.1, 0.15) is 12.1 Å². The van der Waals surface area contributed by atoms with Crippen LogP contribution in [-0.2, 0) is 15.1 Å². The highest BCUT2D eigenvalue weighted by Crippen LogP contribution is 2.29. The molecule has 4 amide bonds. The summed E-state index contributed by atoms with van der Waals surface area (Å²) in [6.45, 7) is 1.21. The Morgan fingerprint density at radius 1 is 1.23 bits per heavy atom. The zero-order valence-electron chi connectivity index (χ0n) is 13.8. The molecule has 0 bridgehead atoms. The molecular formula is C18H15BrClN3O3. The quantitative estimate of drug-likeness (QED) is 0.720. The molecular weight excluding hydrogens is 422 g/mol. The van der Waals surface area contributed by atoms with Crippen molar-refractivity contribution in [3.63, 3.8) is 0 Å². The second kappa shape index (κ2) is 7.09. The molecule has 0 saturated carbocycles. The zero-order chi connectivity index (χ0) is 18.9. The van der Waals surface area contributed by atoms with E-state index in [0.717, 1.165) is 9.37 Å². The van der Waals surface area contributed by atoms with Crippen molar-refractivity contribution in [2.24, 2.45) is 0 Å². The summed E-state index contributed by atoms with van der Waals surface area (Å²) >= 11 is 9.35. The van der Waals surface area contributed by atoms with Crippen LogP contribution in [-0.4, -0.2) is 29.3 Å². The second-order valence-electron chi connectivity index (χ2n) is 5.98. The number of carbonyl (C=O) groups is 3. The Morgan fingerprint density at radius 2 is 1.92 bits per heavy atom. The summed E-state index contributed by atoms with van der Waals surface area (Å²) in [5.41, 5.74) is -0.150. The van der Waals surface area contributed by atoms with Crippen LogP contribution in [0.2, 0.25) is 5.02 Å². The monoisotopic (exact) mass is 435 g/mol. The van der Waals surface area contributed by atoms with Gasteiger partial charge in [-0.25, -0.2) is 4.79 Å². The normalized spacial score (nSPS) is 19.4. The molecule has 1 aliphatic heterocycles. The van der Waals surface area contributed by atoms with Crippen molar-refractivity contribution in [2.45, 2.75) is 12.5 Å². The predicted molar refractivity (Wildman–Crippen MR) is 102 cm³/mol. The Hall–Kier alpha value is -2.38. The van der Waals surface area contributed by atoms with Crippen molar-refractivity contribution >= 4 is 51.1 Å². The first-order valence-corrected chi connectivity index (χ1v) is 8.93. The minimum atomic E-state index is -1.20. The summed E-state index contributed by atoms with van der Waals surface area (Å²) in [5, 5.41) is 5.61. The van der Waals surface area contributed by atoms with E-state index in [-0.39, 0.29) is 0 Å². The molecule has 2 aromatic rings. The minimum Gasteiger partial charge on any atom is -0.323 e. The molecule has 134 valence electrons. The SMILES string of the molecule is CC1(c2ccccc2)NC(=O)N(CC(=O)Nc2ccc(Br)cc2Cl)C1=O. The van der Waals surface area contributed by atoms with Gasteiger partial charge in [0.05, 0.1) is 10.7 Å². The largest absolute Gasteiger partial charge is 0.325 e. The first-order chi connectivity index (χ1) is 12.3. The van der Waals surface area contributed by atoms with Gasteiger partial charge in [-0.2, -0.15) is 0 Å². The molecule has 26 heavy (non-hydrogen) atoms. The van der Waals surface area contributed by atoms with Gasteiger partial charge in [-0.05, 0) is 30.7 Å². The van der Waals surface area contributed by atoms with Crippen LogP contribution in [0.25, 0.3) is 0 Å². The van der Waals surface area contributed by atoms with E-state index < -0.39 is 29.9 Å². The third kappa shape index (κ3) is 3.45. The lowest BCUT2D eigenvalue weighted by Gasteiger charge is -2.22. The van der Waals surface area contributed by atoms with Crippen LogP contribution < -0.4 is 10.6 Å². The van der Waals surface area contributed by atoms with Gasteiger partial charge in [0.25, 0.3) is 5.91 Å². The summed E-state index contributed by atoms with van der Waals surface area (Å²) in [6.07, 6.45) is 0. The second-order valence-corrected chi connectivity index (χ2v) is 7.31. The molecule has 1 fully saturated rings. The van der Waals surface area contributed by atoms with Crippen LogP contribution in [0.15, 0.2) is 53.0 Å². The smallest absolute Gasteiger partial charge is 0.323 e. The Morgan fingerprint density at radius 3 is 2.58 bits per heavy atom. The first kappa shape index (κ1) is 18.4. The fourth-order valence-corrected chi connectivity index (χ4v) is 3.45. The van der Waals surface area contributed by atoms with E-state index in [4.69, 9.17) is 11.6 Å². The summed E-state index contributed by atoms with van der Waals surface area (Å²) < 4.78 is 0.772. The van der Waals surface area contributed by atoms with Gasteiger partial charge in [-0.15, -0.1) is 0 Å². The summed E-state index contributed by atoms with van der Waals surface area (Å²) in [5.74, 6) is -0.999. The predicted octanol–water partition coefficient (Wildman–Crippen LogP) is 3.51. The summed E-state index contributed by atoms with van der Waals surface area (Å²) in [7, 11) is 0. The maximum absolute atomic E-state index is 12.8. The number of amides is 4. The van der Waals surface area contributed by atoms with Crippen molar-refractivity contribution in [3.05, 3.63) is 63.6 Å².